The highest BCUT2D eigenvalue weighted by atomic mass is 79.9. The molecule has 114 valence electrons. The van der Waals surface area contributed by atoms with E-state index in [1.807, 2.05) is 0 Å². The summed E-state index contributed by atoms with van der Waals surface area (Å²) in [5.74, 6) is 1.73. The fourth-order valence-electron chi connectivity index (χ4n) is 3.35. The van der Waals surface area contributed by atoms with Crippen molar-refractivity contribution in [1.82, 2.24) is 14.5 Å². The molecular weight excluding hydrogens is 350 g/mol. The lowest BCUT2D eigenvalue weighted by atomic mass is 10.2. The summed E-state index contributed by atoms with van der Waals surface area (Å²) in [6, 6.07) is 6.93. The van der Waals surface area contributed by atoms with Crippen molar-refractivity contribution in [1.29, 1.82) is 0 Å². The Morgan fingerprint density at radius 3 is 3.05 bits per heavy atom. The van der Waals surface area contributed by atoms with Gasteiger partial charge in [0.2, 0.25) is 0 Å². The van der Waals surface area contributed by atoms with Crippen LogP contribution in [0.4, 0.5) is 0 Å². The molecule has 1 saturated heterocycles. The van der Waals surface area contributed by atoms with Crippen LogP contribution in [0, 0.1) is 0 Å². The number of likely N-dealkylation sites (N-methyl/N-ethyl adjacent to an activating group) is 1. The number of hydrogen-bond donors (Lipinski definition) is 0. The Kier molecular flexibility index (Phi) is 4.87. The number of likely N-dealkylation sites (tertiary alicyclic amines) is 1. The fraction of sp³-hybridized carbons (Fsp3) is 0.562. The lowest BCUT2D eigenvalue weighted by Crippen LogP contribution is -2.33. The van der Waals surface area contributed by atoms with Gasteiger partial charge in [-0.3, -0.25) is 4.90 Å². The van der Waals surface area contributed by atoms with E-state index in [9.17, 15) is 0 Å². The predicted molar refractivity (Wildman–Crippen MR) is 92.1 cm³/mol. The average molecular weight is 371 g/mol. The van der Waals surface area contributed by atoms with Crippen LogP contribution in [0.2, 0.25) is 0 Å². The van der Waals surface area contributed by atoms with E-state index < -0.39 is 0 Å². The van der Waals surface area contributed by atoms with Crippen molar-refractivity contribution in [2.24, 2.45) is 0 Å². The van der Waals surface area contributed by atoms with Crippen LogP contribution in [0.25, 0.3) is 11.0 Å². The molecule has 1 aliphatic heterocycles. The highest BCUT2D eigenvalue weighted by Crippen LogP contribution is 2.25. The normalized spacial score (nSPS) is 19.7. The molecule has 2 heterocycles. The Labute approximate surface area is 139 Å². The summed E-state index contributed by atoms with van der Waals surface area (Å²) in [6.45, 7) is 5.63. The molecule has 0 amide bonds. The van der Waals surface area contributed by atoms with E-state index in [0.717, 1.165) is 35.3 Å². The zero-order valence-corrected chi connectivity index (χ0v) is 14.7. The maximum absolute atomic E-state index is 5.97. The van der Waals surface area contributed by atoms with Crippen molar-refractivity contribution >= 4 is 38.6 Å². The molecule has 3 rings (SSSR count). The minimum atomic E-state index is 0.618. The van der Waals surface area contributed by atoms with Gasteiger partial charge < -0.3 is 4.57 Å². The molecule has 1 atom stereocenters. The molecule has 0 spiro atoms. The van der Waals surface area contributed by atoms with E-state index in [1.54, 1.807) is 0 Å². The van der Waals surface area contributed by atoms with Gasteiger partial charge in [-0.05, 0) is 44.1 Å². The van der Waals surface area contributed by atoms with Crippen molar-refractivity contribution in [2.45, 2.75) is 38.8 Å². The Balaban J connectivity index is 1.98. The van der Waals surface area contributed by atoms with Crippen molar-refractivity contribution in [2.75, 3.05) is 19.0 Å². The maximum Gasteiger partial charge on any atom is 0.111 e. The Bertz CT molecular complexity index is 625. The van der Waals surface area contributed by atoms with Gasteiger partial charge in [-0.25, -0.2) is 4.98 Å². The van der Waals surface area contributed by atoms with Crippen LogP contribution in [-0.4, -0.2) is 39.5 Å². The molecule has 5 heteroatoms. The molecule has 0 bridgehead atoms. The van der Waals surface area contributed by atoms with E-state index in [2.05, 4.69) is 50.5 Å². The average Bonchev–Trinajstić information content (AvgIpc) is 3.05. The number of aromatic nitrogens is 2. The first-order valence-electron chi connectivity index (χ1n) is 7.67. The molecule has 0 aliphatic carbocycles. The molecule has 1 aliphatic rings. The number of hydrogen-bond acceptors (Lipinski definition) is 2. The van der Waals surface area contributed by atoms with Crippen LogP contribution in [0.1, 0.15) is 25.6 Å². The SMILES string of the molecule is CCN1CCCC1Cn1c(CCCl)nc2ccc(Br)cc21. The largest absolute Gasteiger partial charge is 0.326 e. The van der Waals surface area contributed by atoms with Gasteiger partial charge in [0.15, 0.2) is 0 Å². The third-order valence-corrected chi connectivity index (χ3v) is 5.09. The summed E-state index contributed by atoms with van der Waals surface area (Å²) in [7, 11) is 0. The number of nitrogens with zero attached hydrogens (tertiary/aromatic N) is 3. The number of aryl methyl sites for hydroxylation is 1. The quantitative estimate of drug-likeness (QED) is 0.740. The van der Waals surface area contributed by atoms with Gasteiger partial charge in [0, 0.05) is 29.4 Å². The second kappa shape index (κ2) is 6.67. The van der Waals surface area contributed by atoms with E-state index in [-0.39, 0.29) is 0 Å². The van der Waals surface area contributed by atoms with Crippen LogP contribution >= 0.6 is 27.5 Å². The standard InChI is InChI=1S/C16H21BrClN3/c1-2-20-9-3-4-13(20)11-21-15-10-12(17)5-6-14(15)19-16(21)7-8-18/h5-6,10,13H,2-4,7-9,11H2,1H3. The number of benzene rings is 1. The lowest BCUT2D eigenvalue weighted by Gasteiger charge is -2.24. The first-order valence-corrected chi connectivity index (χ1v) is 9.00. The number of rotatable bonds is 5. The summed E-state index contributed by atoms with van der Waals surface area (Å²) < 4.78 is 3.48. The van der Waals surface area contributed by atoms with Gasteiger partial charge in [0.25, 0.3) is 0 Å². The molecular formula is C16H21BrClN3. The zero-order valence-electron chi connectivity index (χ0n) is 12.4. The Hall–Kier alpha value is -0.580. The van der Waals surface area contributed by atoms with Gasteiger partial charge >= 0.3 is 0 Å². The van der Waals surface area contributed by atoms with Crippen LogP contribution in [0.3, 0.4) is 0 Å². The minimum absolute atomic E-state index is 0.618. The molecule has 21 heavy (non-hydrogen) atoms. The highest BCUT2D eigenvalue weighted by molar-refractivity contribution is 9.10. The topological polar surface area (TPSA) is 21.1 Å². The maximum atomic E-state index is 5.97. The van der Waals surface area contributed by atoms with Gasteiger partial charge in [-0.2, -0.15) is 0 Å². The third-order valence-electron chi connectivity index (χ3n) is 4.41. The highest BCUT2D eigenvalue weighted by Gasteiger charge is 2.25. The zero-order chi connectivity index (χ0) is 14.8. The van der Waals surface area contributed by atoms with E-state index in [4.69, 9.17) is 16.6 Å². The molecule has 3 nitrogen and oxygen atoms in total. The van der Waals surface area contributed by atoms with Gasteiger partial charge in [-0.15, -0.1) is 11.6 Å². The van der Waals surface area contributed by atoms with Crippen LogP contribution < -0.4 is 0 Å². The van der Waals surface area contributed by atoms with E-state index in [0.29, 0.717) is 11.9 Å². The molecule has 1 aromatic carbocycles. The molecule has 0 radical (unpaired) electrons. The number of alkyl halides is 1. The van der Waals surface area contributed by atoms with Crippen LogP contribution in [0.15, 0.2) is 22.7 Å². The minimum Gasteiger partial charge on any atom is -0.326 e. The lowest BCUT2D eigenvalue weighted by molar-refractivity contribution is 0.244. The van der Waals surface area contributed by atoms with Crippen molar-refractivity contribution in [3.63, 3.8) is 0 Å². The van der Waals surface area contributed by atoms with Gasteiger partial charge in [0.05, 0.1) is 11.0 Å². The molecule has 2 aromatic rings. The second-order valence-corrected chi connectivity index (χ2v) is 6.93. The number of fused-ring (bicyclic) bond motifs is 1. The fourth-order valence-corrected chi connectivity index (χ4v) is 3.87. The predicted octanol–water partition coefficient (Wildman–Crippen LogP) is 4.06. The first kappa shape index (κ1) is 15.3. The summed E-state index contributed by atoms with van der Waals surface area (Å²) in [6.07, 6.45) is 3.41. The van der Waals surface area contributed by atoms with Crippen LogP contribution in [-0.2, 0) is 13.0 Å². The van der Waals surface area contributed by atoms with Crippen LogP contribution in [0.5, 0.6) is 0 Å². The summed E-state index contributed by atoms with van der Waals surface area (Å²) in [5, 5.41) is 0. The number of halogens is 2. The van der Waals surface area contributed by atoms with E-state index >= 15 is 0 Å². The van der Waals surface area contributed by atoms with Gasteiger partial charge in [0.1, 0.15) is 5.82 Å². The molecule has 0 saturated carbocycles. The Morgan fingerprint density at radius 2 is 2.29 bits per heavy atom. The summed E-state index contributed by atoms with van der Waals surface area (Å²) in [4.78, 5) is 7.35. The van der Waals surface area contributed by atoms with Crippen molar-refractivity contribution in [3.05, 3.63) is 28.5 Å². The number of imidazole rings is 1. The smallest absolute Gasteiger partial charge is 0.111 e. The molecule has 1 aromatic heterocycles. The molecule has 1 unspecified atom stereocenters. The molecule has 0 N–H and O–H groups in total. The second-order valence-electron chi connectivity index (χ2n) is 5.64. The Morgan fingerprint density at radius 1 is 1.43 bits per heavy atom. The first-order chi connectivity index (χ1) is 10.2. The van der Waals surface area contributed by atoms with Crippen molar-refractivity contribution in [3.8, 4) is 0 Å². The van der Waals surface area contributed by atoms with Crippen molar-refractivity contribution < 1.29 is 0 Å². The summed E-state index contributed by atoms with van der Waals surface area (Å²) >= 11 is 9.54. The monoisotopic (exact) mass is 369 g/mol. The third kappa shape index (κ3) is 3.13. The molecule has 1 fully saturated rings. The van der Waals surface area contributed by atoms with Gasteiger partial charge in [-0.1, -0.05) is 22.9 Å². The van der Waals surface area contributed by atoms with E-state index in [1.165, 1.54) is 24.9 Å². The summed E-state index contributed by atoms with van der Waals surface area (Å²) in [5.41, 5.74) is 2.28.